The highest BCUT2D eigenvalue weighted by atomic mass is 35.5. The minimum Gasteiger partial charge on any atom is -0.325 e. The van der Waals surface area contributed by atoms with Gasteiger partial charge in [0.2, 0.25) is 11.8 Å². The van der Waals surface area contributed by atoms with Crippen molar-refractivity contribution in [3.05, 3.63) is 94.5 Å². The topological polar surface area (TPSA) is 49.4 Å². The Morgan fingerprint density at radius 3 is 2.39 bits per heavy atom. The first-order chi connectivity index (χ1) is 16.0. The van der Waals surface area contributed by atoms with Crippen molar-refractivity contribution in [1.82, 2.24) is 0 Å². The summed E-state index contributed by atoms with van der Waals surface area (Å²) in [6.45, 7) is 0.554. The van der Waals surface area contributed by atoms with Crippen molar-refractivity contribution >= 4 is 34.8 Å². The number of carbonyl (C=O) groups is 2. The average molecular weight is 459 g/mol. The van der Waals surface area contributed by atoms with Crippen molar-refractivity contribution in [2.24, 2.45) is 0 Å². The van der Waals surface area contributed by atoms with Crippen LogP contribution >= 0.6 is 11.6 Å². The zero-order chi connectivity index (χ0) is 22.8. The number of hydrogen-bond acceptors (Lipinski definition) is 2. The predicted octanol–water partition coefficient (Wildman–Crippen LogP) is 6.27. The Balaban J connectivity index is 1.39. The lowest BCUT2D eigenvalue weighted by molar-refractivity contribution is -0.121. The van der Waals surface area contributed by atoms with Gasteiger partial charge in [0, 0.05) is 22.8 Å². The van der Waals surface area contributed by atoms with Crippen molar-refractivity contribution in [1.29, 1.82) is 0 Å². The molecule has 0 aromatic heterocycles. The van der Waals surface area contributed by atoms with Gasteiger partial charge in [0.05, 0.1) is 12.0 Å². The van der Waals surface area contributed by atoms with Crippen LogP contribution in [0.1, 0.15) is 48.8 Å². The van der Waals surface area contributed by atoms with E-state index >= 15 is 0 Å². The van der Waals surface area contributed by atoms with Crippen molar-refractivity contribution in [3.8, 4) is 0 Å². The molecule has 2 amide bonds. The van der Waals surface area contributed by atoms with Gasteiger partial charge in [-0.3, -0.25) is 9.59 Å². The van der Waals surface area contributed by atoms with E-state index in [1.807, 2.05) is 77.7 Å². The molecule has 2 aliphatic rings. The molecular formula is C28H27ClN2O2. The maximum atomic E-state index is 13.5. The molecule has 0 bridgehead atoms. The van der Waals surface area contributed by atoms with E-state index in [0.717, 1.165) is 53.7 Å². The molecular weight excluding hydrogens is 432 g/mol. The summed E-state index contributed by atoms with van der Waals surface area (Å²) < 4.78 is 0. The Kier molecular flexibility index (Phi) is 5.94. The van der Waals surface area contributed by atoms with Crippen LogP contribution in [0.15, 0.2) is 72.8 Å². The van der Waals surface area contributed by atoms with Crippen molar-refractivity contribution in [2.45, 2.75) is 50.5 Å². The van der Waals surface area contributed by atoms with E-state index in [4.69, 9.17) is 11.6 Å². The Hall–Kier alpha value is -3.11. The van der Waals surface area contributed by atoms with Crippen LogP contribution in [0.25, 0.3) is 0 Å². The first-order valence-electron chi connectivity index (χ1n) is 11.6. The van der Waals surface area contributed by atoms with Crippen LogP contribution in [0, 0.1) is 0 Å². The summed E-state index contributed by atoms with van der Waals surface area (Å²) in [6.07, 6.45) is 4.92. The first-order valence-corrected chi connectivity index (χ1v) is 12.0. The minimum atomic E-state index is -0.518. The fraction of sp³-hybridized carbons (Fsp3) is 0.286. The third-order valence-corrected chi connectivity index (χ3v) is 7.26. The molecule has 1 N–H and O–H groups in total. The predicted molar refractivity (Wildman–Crippen MR) is 133 cm³/mol. The highest BCUT2D eigenvalue weighted by molar-refractivity contribution is 6.30. The second-order valence-corrected chi connectivity index (χ2v) is 9.50. The molecule has 5 heteroatoms. The van der Waals surface area contributed by atoms with Crippen molar-refractivity contribution in [2.75, 3.05) is 10.2 Å². The van der Waals surface area contributed by atoms with Crippen molar-refractivity contribution < 1.29 is 9.59 Å². The molecule has 0 spiro atoms. The molecule has 0 saturated heterocycles. The van der Waals surface area contributed by atoms with E-state index in [-0.39, 0.29) is 11.8 Å². The molecule has 3 aromatic carbocycles. The van der Waals surface area contributed by atoms with E-state index in [0.29, 0.717) is 24.4 Å². The third-order valence-electron chi connectivity index (χ3n) is 7.01. The van der Waals surface area contributed by atoms with E-state index < -0.39 is 5.41 Å². The van der Waals surface area contributed by atoms with Gasteiger partial charge in [-0.2, -0.15) is 0 Å². The van der Waals surface area contributed by atoms with Gasteiger partial charge in [0.15, 0.2) is 0 Å². The highest BCUT2D eigenvalue weighted by Crippen LogP contribution is 2.42. The van der Waals surface area contributed by atoms with Crippen LogP contribution in [0.2, 0.25) is 5.02 Å². The van der Waals surface area contributed by atoms with Gasteiger partial charge in [-0.05, 0) is 66.3 Å². The van der Waals surface area contributed by atoms with Gasteiger partial charge in [-0.15, -0.1) is 0 Å². The average Bonchev–Trinajstić information content (AvgIpc) is 3.33. The van der Waals surface area contributed by atoms with Gasteiger partial charge < -0.3 is 10.2 Å². The molecule has 168 valence electrons. The maximum Gasteiger partial charge on any atom is 0.235 e. The lowest BCUT2D eigenvalue weighted by atomic mass is 9.78. The number of halogens is 1. The molecule has 4 nitrogen and oxygen atoms in total. The molecule has 1 saturated carbocycles. The molecule has 3 aromatic rings. The van der Waals surface area contributed by atoms with Gasteiger partial charge in [0.25, 0.3) is 0 Å². The highest BCUT2D eigenvalue weighted by Gasteiger charge is 2.42. The molecule has 0 radical (unpaired) electrons. The van der Waals surface area contributed by atoms with Crippen LogP contribution in [0.4, 0.5) is 11.4 Å². The number of nitrogens with zero attached hydrogens (tertiary/aromatic N) is 1. The summed E-state index contributed by atoms with van der Waals surface area (Å²) in [4.78, 5) is 28.1. The van der Waals surface area contributed by atoms with Crippen LogP contribution < -0.4 is 10.2 Å². The number of fused-ring (bicyclic) bond motifs is 1. The van der Waals surface area contributed by atoms with Gasteiger partial charge in [-0.25, -0.2) is 0 Å². The second kappa shape index (κ2) is 9.03. The van der Waals surface area contributed by atoms with Crippen LogP contribution in [0.3, 0.4) is 0 Å². The molecule has 5 rings (SSSR count). The van der Waals surface area contributed by atoms with Crippen LogP contribution in [0.5, 0.6) is 0 Å². The van der Waals surface area contributed by atoms with Crippen LogP contribution in [-0.2, 0) is 28.0 Å². The summed E-state index contributed by atoms with van der Waals surface area (Å²) >= 11 is 6.09. The number of amides is 2. The number of aryl methyl sites for hydroxylation is 1. The Bertz CT molecular complexity index is 1170. The summed E-state index contributed by atoms with van der Waals surface area (Å²) in [7, 11) is 0. The van der Waals surface area contributed by atoms with Gasteiger partial charge >= 0.3 is 0 Å². The largest absolute Gasteiger partial charge is 0.325 e. The molecule has 1 aliphatic heterocycles. The van der Waals surface area contributed by atoms with E-state index in [9.17, 15) is 9.59 Å². The SMILES string of the molecule is O=C1CCc2cc(NC(=O)C3(c4ccc(Cl)cc4)CCCC3)ccc2N1Cc1ccccc1. The molecule has 1 aliphatic carbocycles. The van der Waals surface area contributed by atoms with E-state index in [1.54, 1.807) is 0 Å². The zero-order valence-corrected chi connectivity index (χ0v) is 19.3. The van der Waals surface area contributed by atoms with E-state index in [1.165, 1.54) is 0 Å². The number of hydrogen-bond donors (Lipinski definition) is 1. The Morgan fingerprint density at radius 1 is 0.939 bits per heavy atom. The zero-order valence-electron chi connectivity index (χ0n) is 18.5. The Morgan fingerprint density at radius 2 is 1.67 bits per heavy atom. The van der Waals surface area contributed by atoms with Crippen molar-refractivity contribution in [3.63, 3.8) is 0 Å². The monoisotopic (exact) mass is 458 g/mol. The van der Waals surface area contributed by atoms with E-state index in [2.05, 4.69) is 5.32 Å². The maximum absolute atomic E-state index is 13.5. The Labute approximate surface area is 199 Å². The quantitative estimate of drug-likeness (QED) is 0.489. The standard InChI is InChI=1S/C28H27ClN2O2/c29-23-11-9-22(10-12-23)28(16-4-5-17-28)27(33)30-24-13-14-25-21(18-24)8-15-26(32)31(25)19-20-6-2-1-3-7-20/h1-3,6-7,9-14,18H,4-5,8,15-17,19H2,(H,30,33). The molecule has 1 fully saturated rings. The molecule has 1 heterocycles. The number of anilines is 2. The fourth-order valence-electron chi connectivity index (χ4n) is 5.22. The van der Waals surface area contributed by atoms with Gasteiger partial charge in [-0.1, -0.05) is 66.9 Å². The fourth-order valence-corrected chi connectivity index (χ4v) is 5.35. The summed E-state index contributed by atoms with van der Waals surface area (Å²) in [5, 5.41) is 3.87. The molecule has 0 unspecified atom stereocenters. The number of benzene rings is 3. The third kappa shape index (κ3) is 4.28. The van der Waals surface area contributed by atoms with Gasteiger partial charge in [0.1, 0.15) is 0 Å². The normalized spacial score (nSPS) is 17.0. The summed E-state index contributed by atoms with van der Waals surface area (Å²) in [5.41, 5.74) is 4.42. The number of nitrogens with one attached hydrogen (secondary N) is 1. The smallest absolute Gasteiger partial charge is 0.235 e. The minimum absolute atomic E-state index is 0.0373. The summed E-state index contributed by atoms with van der Waals surface area (Å²) in [6, 6.07) is 23.6. The molecule has 33 heavy (non-hydrogen) atoms. The summed E-state index contributed by atoms with van der Waals surface area (Å²) in [5.74, 6) is 0.172. The molecule has 0 atom stereocenters. The van der Waals surface area contributed by atoms with Crippen LogP contribution in [-0.4, -0.2) is 11.8 Å². The lowest BCUT2D eigenvalue weighted by Gasteiger charge is -2.31. The number of rotatable bonds is 5. The first kappa shape index (κ1) is 21.7. The second-order valence-electron chi connectivity index (χ2n) is 9.06. The number of carbonyl (C=O) groups excluding carboxylic acids is 2. The lowest BCUT2D eigenvalue weighted by Crippen LogP contribution is -2.38.